The number of para-hydroxylation sites is 1. The number of methoxy groups -OCH3 is 1. The number of nitro benzene ring substituents is 1. The number of ether oxygens (including phenoxy) is 1. The van der Waals surface area contributed by atoms with Crippen LogP contribution in [0.3, 0.4) is 0 Å². The van der Waals surface area contributed by atoms with Gasteiger partial charge in [-0.1, -0.05) is 12.1 Å². The highest BCUT2D eigenvalue weighted by Crippen LogP contribution is 2.30. The van der Waals surface area contributed by atoms with Gasteiger partial charge in [0.15, 0.2) is 0 Å². The summed E-state index contributed by atoms with van der Waals surface area (Å²) in [5.41, 5.74) is -0.0230. The van der Waals surface area contributed by atoms with E-state index in [1.807, 2.05) is 0 Å². The molecule has 1 aromatic heterocycles. The third-order valence-electron chi connectivity index (χ3n) is 2.50. The Morgan fingerprint density at radius 2 is 2.20 bits per heavy atom. The first-order chi connectivity index (χ1) is 9.54. The fourth-order valence-electron chi connectivity index (χ4n) is 1.68. The van der Waals surface area contributed by atoms with E-state index in [4.69, 9.17) is 14.3 Å². The van der Waals surface area contributed by atoms with Gasteiger partial charge in [-0.15, -0.1) is 0 Å². The molecule has 0 saturated heterocycles. The lowest BCUT2D eigenvalue weighted by atomic mass is 10.2. The smallest absolute Gasteiger partial charge is 0.373 e. The predicted molar refractivity (Wildman–Crippen MR) is 66.3 cm³/mol. The lowest BCUT2D eigenvalue weighted by molar-refractivity contribution is -0.384. The van der Waals surface area contributed by atoms with E-state index in [2.05, 4.69) is 4.98 Å². The first-order valence-electron chi connectivity index (χ1n) is 5.50. The number of carboxylic acid groups (broad SMARTS) is 1. The van der Waals surface area contributed by atoms with Crippen molar-refractivity contribution >= 4 is 11.7 Å². The summed E-state index contributed by atoms with van der Waals surface area (Å²) < 4.78 is 9.94. The van der Waals surface area contributed by atoms with Crippen molar-refractivity contribution in [2.45, 2.75) is 6.61 Å². The van der Waals surface area contributed by atoms with Gasteiger partial charge < -0.3 is 14.3 Å². The fourth-order valence-corrected chi connectivity index (χ4v) is 1.68. The molecular weight excluding hydrogens is 268 g/mol. The van der Waals surface area contributed by atoms with Crippen LogP contribution in [-0.2, 0) is 11.3 Å². The number of nitro groups is 1. The van der Waals surface area contributed by atoms with Crippen LogP contribution in [0.4, 0.5) is 5.69 Å². The van der Waals surface area contributed by atoms with Crippen molar-refractivity contribution in [2.24, 2.45) is 0 Å². The van der Waals surface area contributed by atoms with Crippen molar-refractivity contribution in [3.8, 4) is 11.5 Å². The van der Waals surface area contributed by atoms with Crippen molar-refractivity contribution in [3.63, 3.8) is 0 Å². The SMILES string of the molecule is COCc1nc(-c2ccccc2[N+](=O)[O-])oc1C(=O)O. The number of rotatable bonds is 5. The zero-order chi connectivity index (χ0) is 14.7. The molecule has 0 atom stereocenters. The summed E-state index contributed by atoms with van der Waals surface area (Å²) >= 11 is 0. The molecule has 1 heterocycles. The van der Waals surface area contributed by atoms with E-state index in [-0.39, 0.29) is 35.2 Å². The number of aromatic carboxylic acids is 1. The summed E-state index contributed by atoms with van der Waals surface area (Å²) in [7, 11) is 1.38. The zero-order valence-electron chi connectivity index (χ0n) is 10.4. The van der Waals surface area contributed by atoms with Crippen LogP contribution in [0, 0.1) is 10.1 Å². The number of aromatic nitrogens is 1. The lowest BCUT2D eigenvalue weighted by Gasteiger charge is -1.97. The molecule has 0 unspecified atom stereocenters. The van der Waals surface area contributed by atoms with Crippen LogP contribution in [0.1, 0.15) is 16.2 Å². The van der Waals surface area contributed by atoms with Gasteiger partial charge in [-0.25, -0.2) is 9.78 Å². The minimum absolute atomic E-state index is 0.0637. The van der Waals surface area contributed by atoms with E-state index in [9.17, 15) is 14.9 Å². The highest BCUT2D eigenvalue weighted by molar-refractivity contribution is 5.86. The second-order valence-corrected chi connectivity index (χ2v) is 3.81. The van der Waals surface area contributed by atoms with E-state index in [1.54, 1.807) is 6.07 Å². The van der Waals surface area contributed by atoms with Gasteiger partial charge in [0.1, 0.15) is 11.3 Å². The summed E-state index contributed by atoms with van der Waals surface area (Å²) in [5.74, 6) is -1.82. The molecule has 2 aromatic rings. The van der Waals surface area contributed by atoms with Crippen LogP contribution in [0.5, 0.6) is 0 Å². The molecule has 1 N–H and O–H groups in total. The molecule has 0 bridgehead atoms. The van der Waals surface area contributed by atoms with Gasteiger partial charge in [0.05, 0.1) is 11.5 Å². The Bertz CT molecular complexity index is 664. The summed E-state index contributed by atoms with van der Waals surface area (Å²) in [6, 6.07) is 5.80. The first kappa shape index (κ1) is 13.7. The highest BCUT2D eigenvalue weighted by atomic mass is 16.6. The molecule has 1 aromatic carbocycles. The predicted octanol–water partition coefficient (Wildman–Crippen LogP) is 2.09. The number of carboxylic acids is 1. The number of carbonyl (C=O) groups is 1. The molecule has 8 heteroatoms. The van der Waals surface area contributed by atoms with Crippen molar-refractivity contribution in [1.29, 1.82) is 0 Å². The van der Waals surface area contributed by atoms with Crippen LogP contribution in [0.15, 0.2) is 28.7 Å². The van der Waals surface area contributed by atoms with E-state index in [0.717, 1.165) is 0 Å². The molecule has 2 rings (SSSR count). The fraction of sp³-hybridized carbons (Fsp3) is 0.167. The molecule has 8 nitrogen and oxygen atoms in total. The van der Waals surface area contributed by atoms with Crippen LogP contribution < -0.4 is 0 Å². The van der Waals surface area contributed by atoms with Crippen LogP contribution in [0.25, 0.3) is 11.5 Å². The van der Waals surface area contributed by atoms with Crippen LogP contribution in [-0.4, -0.2) is 28.1 Å². The van der Waals surface area contributed by atoms with Crippen molar-refractivity contribution in [1.82, 2.24) is 4.98 Å². The zero-order valence-corrected chi connectivity index (χ0v) is 10.4. The molecule has 104 valence electrons. The molecule has 0 saturated carbocycles. The Balaban J connectivity index is 2.56. The van der Waals surface area contributed by atoms with Crippen molar-refractivity contribution in [3.05, 3.63) is 45.8 Å². The number of nitrogens with zero attached hydrogens (tertiary/aromatic N) is 2. The van der Waals surface area contributed by atoms with Gasteiger partial charge >= 0.3 is 5.97 Å². The summed E-state index contributed by atoms with van der Waals surface area (Å²) in [5, 5.41) is 19.9. The minimum atomic E-state index is -1.31. The summed E-state index contributed by atoms with van der Waals surface area (Å²) in [4.78, 5) is 25.3. The second kappa shape index (κ2) is 5.49. The normalized spacial score (nSPS) is 10.4. The number of hydrogen-bond acceptors (Lipinski definition) is 6. The van der Waals surface area contributed by atoms with Gasteiger partial charge in [0, 0.05) is 13.2 Å². The molecule has 0 amide bonds. The number of benzene rings is 1. The largest absolute Gasteiger partial charge is 0.475 e. The highest BCUT2D eigenvalue weighted by Gasteiger charge is 2.24. The Morgan fingerprint density at radius 3 is 2.80 bits per heavy atom. The van der Waals surface area contributed by atoms with Crippen molar-refractivity contribution < 1.29 is 24.0 Å². The lowest BCUT2D eigenvalue weighted by Crippen LogP contribution is -2.00. The Hall–Kier alpha value is -2.74. The minimum Gasteiger partial charge on any atom is -0.475 e. The molecule has 0 spiro atoms. The van der Waals surface area contributed by atoms with E-state index < -0.39 is 10.9 Å². The third-order valence-corrected chi connectivity index (χ3v) is 2.50. The third kappa shape index (κ3) is 2.50. The van der Waals surface area contributed by atoms with E-state index >= 15 is 0 Å². The molecule has 0 aliphatic carbocycles. The number of hydrogen-bond donors (Lipinski definition) is 1. The van der Waals surface area contributed by atoms with Crippen LogP contribution >= 0.6 is 0 Å². The van der Waals surface area contributed by atoms with Crippen molar-refractivity contribution in [2.75, 3.05) is 7.11 Å². The summed E-state index contributed by atoms with van der Waals surface area (Å²) in [6.07, 6.45) is 0. The number of oxazole rings is 1. The molecular formula is C12H10N2O6. The van der Waals surface area contributed by atoms with Gasteiger partial charge in [-0.3, -0.25) is 10.1 Å². The maximum Gasteiger partial charge on any atom is 0.373 e. The maximum absolute atomic E-state index is 11.0. The maximum atomic E-state index is 11.0. The molecule has 0 aliphatic rings. The standard InChI is InChI=1S/C12H10N2O6/c1-19-6-8-10(12(15)16)20-11(13-8)7-4-2-3-5-9(7)14(17)18/h2-5H,6H2,1H3,(H,15,16). The van der Waals surface area contributed by atoms with E-state index in [0.29, 0.717) is 0 Å². The monoisotopic (exact) mass is 278 g/mol. The molecule has 20 heavy (non-hydrogen) atoms. The molecule has 0 aliphatic heterocycles. The average Bonchev–Trinajstić information content (AvgIpc) is 2.83. The van der Waals surface area contributed by atoms with Crippen LogP contribution in [0.2, 0.25) is 0 Å². The van der Waals surface area contributed by atoms with E-state index in [1.165, 1.54) is 25.3 Å². The summed E-state index contributed by atoms with van der Waals surface area (Å²) in [6.45, 7) is -0.0637. The molecule has 0 fully saturated rings. The Kier molecular flexibility index (Phi) is 3.76. The Labute approximate surface area is 112 Å². The molecule has 0 radical (unpaired) electrons. The topological polar surface area (TPSA) is 116 Å². The average molecular weight is 278 g/mol. The van der Waals surface area contributed by atoms with Gasteiger partial charge in [-0.05, 0) is 6.07 Å². The first-order valence-corrected chi connectivity index (χ1v) is 5.50. The quantitative estimate of drug-likeness (QED) is 0.657. The van der Waals surface area contributed by atoms with Gasteiger partial charge in [0.2, 0.25) is 11.7 Å². The van der Waals surface area contributed by atoms with Gasteiger partial charge in [-0.2, -0.15) is 0 Å². The second-order valence-electron chi connectivity index (χ2n) is 3.81. The van der Waals surface area contributed by atoms with Gasteiger partial charge in [0.25, 0.3) is 5.69 Å². The Morgan fingerprint density at radius 1 is 1.50 bits per heavy atom.